The summed E-state index contributed by atoms with van der Waals surface area (Å²) in [4.78, 5) is 20.0. The fraction of sp³-hybridized carbons (Fsp3) is 0. The zero-order valence-electron chi connectivity index (χ0n) is 27.8. The molecule has 0 aliphatic carbocycles. The van der Waals surface area contributed by atoms with Crippen LogP contribution in [0.2, 0.25) is 0 Å². The molecule has 0 bridgehead atoms. The summed E-state index contributed by atoms with van der Waals surface area (Å²) in [6.45, 7) is 0. The Morgan fingerprint density at radius 2 is 0.962 bits per heavy atom. The molecule has 6 heteroatoms. The summed E-state index contributed by atoms with van der Waals surface area (Å²) >= 11 is 1.78. The monoisotopic (exact) mass is 684 g/mol. The van der Waals surface area contributed by atoms with Crippen LogP contribution in [0.15, 0.2) is 174 Å². The van der Waals surface area contributed by atoms with E-state index in [9.17, 15) is 0 Å². The van der Waals surface area contributed by atoms with Gasteiger partial charge in [-0.15, -0.1) is 11.3 Å². The number of thiophene rings is 1. The highest BCUT2D eigenvalue weighted by Crippen LogP contribution is 2.42. The van der Waals surface area contributed by atoms with Crippen LogP contribution < -0.4 is 0 Å². The lowest BCUT2D eigenvalue weighted by Crippen LogP contribution is -2.00. The minimum atomic E-state index is 0.607. The Bertz CT molecular complexity index is 2840. The topological polar surface area (TPSA) is 64.7 Å². The third-order valence-electron chi connectivity index (χ3n) is 9.37. The molecule has 0 radical (unpaired) electrons. The molecule has 0 aliphatic heterocycles. The molecule has 0 aliphatic rings. The first-order chi connectivity index (χ1) is 25.7. The van der Waals surface area contributed by atoms with E-state index >= 15 is 0 Å². The van der Waals surface area contributed by atoms with Gasteiger partial charge >= 0.3 is 0 Å². The zero-order chi connectivity index (χ0) is 34.4. The number of hydrogen-bond donors (Lipinski definition) is 0. The second-order valence-corrected chi connectivity index (χ2v) is 13.8. The summed E-state index contributed by atoms with van der Waals surface area (Å²) < 4.78 is 8.66. The van der Waals surface area contributed by atoms with Gasteiger partial charge in [0.15, 0.2) is 23.1 Å². The largest absolute Gasteiger partial charge is 0.436 e. The molecular weight excluding hydrogens is 657 g/mol. The summed E-state index contributed by atoms with van der Waals surface area (Å²) in [5.74, 6) is 2.55. The van der Waals surface area contributed by atoms with Crippen molar-refractivity contribution in [3.8, 4) is 67.9 Å². The lowest BCUT2D eigenvalue weighted by Gasteiger charge is -2.10. The SMILES string of the molecule is c1ccc(-c2cccc(-c3nc4cc(-c5ccc6sc7cccc(-c8nc(-c9ccccc9)nc(-c9ccccc9)n8)c7c6c5)ccc4o3)c2)cc1. The van der Waals surface area contributed by atoms with Crippen LogP contribution in [-0.4, -0.2) is 19.9 Å². The van der Waals surface area contributed by atoms with Crippen molar-refractivity contribution in [3.05, 3.63) is 170 Å². The Hall–Kier alpha value is -6.76. The van der Waals surface area contributed by atoms with Gasteiger partial charge < -0.3 is 4.42 Å². The van der Waals surface area contributed by atoms with Crippen LogP contribution in [0.5, 0.6) is 0 Å². The highest BCUT2D eigenvalue weighted by molar-refractivity contribution is 7.26. The van der Waals surface area contributed by atoms with Gasteiger partial charge in [-0.3, -0.25) is 0 Å². The second-order valence-electron chi connectivity index (χ2n) is 12.7. The Morgan fingerprint density at radius 1 is 0.385 bits per heavy atom. The molecule has 52 heavy (non-hydrogen) atoms. The van der Waals surface area contributed by atoms with Gasteiger partial charge in [0, 0.05) is 42.4 Å². The van der Waals surface area contributed by atoms with Gasteiger partial charge in [0.1, 0.15) is 5.52 Å². The van der Waals surface area contributed by atoms with Crippen molar-refractivity contribution in [2.24, 2.45) is 0 Å². The van der Waals surface area contributed by atoms with E-state index in [0.717, 1.165) is 66.4 Å². The maximum Gasteiger partial charge on any atom is 0.227 e. The summed E-state index contributed by atoms with van der Waals surface area (Å²) in [5.41, 5.74) is 9.85. The van der Waals surface area contributed by atoms with Crippen LogP contribution in [0.1, 0.15) is 0 Å². The van der Waals surface area contributed by atoms with Gasteiger partial charge in [-0.1, -0.05) is 127 Å². The van der Waals surface area contributed by atoms with Crippen LogP contribution >= 0.6 is 11.3 Å². The van der Waals surface area contributed by atoms with E-state index in [-0.39, 0.29) is 0 Å². The fourth-order valence-electron chi connectivity index (χ4n) is 6.81. The summed E-state index contributed by atoms with van der Waals surface area (Å²) in [5, 5.41) is 2.30. The van der Waals surface area contributed by atoms with E-state index in [0.29, 0.717) is 23.4 Å². The first-order valence-electron chi connectivity index (χ1n) is 17.1. The summed E-state index contributed by atoms with van der Waals surface area (Å²) in [6.07, 6.45) is 0. The molecule has 3 aromatic heterocycles. The predicted molar refractivity (Wildman–Crippen MR) is 213 cm³/mol. The van der Waals surface area contributed by atoms with Crippen LogP contribution in [-0.2, 0) is 0 Å². The number of benzene rings is 7. The van der Waals surface area contributed by atoms with Crippen LogP contribution in [0.3, 0.4) is 0 Å². The van der Waals surface area contributed by atoms with Crippen molar-refractivity contribution < 1.29 is 4.42 Å². The number of aromatic nitrogens is 4. The van der Waals surface area contributed by atoms with E-state index in [1.54, 1.807) is 11.3 Å². The first kappa shape index (κ1) is 30.1. The maximum absolute atomic E-state index is 6.27. The number of rotatable bonds is 6. The smallest absolute Gasteiger partial charge is 0.227 e. The maximum atomic E-state index is 6.27. The molecule has 0 saturated heterocycles. The highest BCUT2D eigenvalue weighted by atomic mass is 32.1. The molecule has 0 fully saturated rings. The third kappa shape index (κ3) is 5.43. The Kier molecular flexibility index (Phi) is 7.25. The van der Waals surface area contributed by atoms with Crippen molar-refractivity contribution in [1.82, 2.24) is 19.9 Å². The van der Waals surface area contributed by atoms with Crippen molar-refractivity contribution >= 4 is 42.6 Å². The number of oxazole rings is 1. The van der Waals surface area contributed by atoms with Gasteiger partial charge in [0.2, 0.25) is 5.89 Å². The Labute approximate surface area is 303 Å². The summed E-state index contributed by atoms with van der Waals surface area (Å²) in [7, 11) is 0. The number of fused-ring (bicyclic) bond motifs is 4. The fourth-order valence-corrected chi connectivity index (χ4v) is 7.93. The van der Waals surface area contributed by atoms with Crippen molar-refractivity contribution in [3.63, 3.8) is 0 Å². The zero-order valence-corrected chi connectivity index (χ0v) is 28.6. The molecule has 5 nitrogen and oxygen atoms in total. The Morgan fingerprint density at radius 3 is 1.69 bits per heavy atom. The average molecular weight is 685 g/mol. The van der Waals surface area contributed by atoms with Crippen molar-refractivity contribution in [2.75, 3.05) is 0 Å². The van der Waals surface area contributed by atoms with Gasteiger partial charge in [0.05, 0.1) is 0 Å². The van der Waals surface area contributed by atoms with E-state index in [2.05, 4.69) is 91.0 Å². The van der Waals surface area contributed by atoms with E-state index < -0.39 is 0 Å². The molecule has 0 amide bonds. The van der Waals surface area contributed by atoms with E-state index in [1.165, 1.54) is 9.40 Å². The average Bonchev–Trinajstić information content (AvgIpc) is 3.83. The molecule has 7 aromatic carbocycles. The molecule has 0 spiro atoms. The van der Waals surface area contributed by atoms with E-state index in [4.69, 9.17) is 24.4 Å². The van der Waals surface area contributed by atoms with Gasteiger partial charge in [-0.05, 0) is 64.7 Å². The second kappa shape index (κ2) is 12.5. The highest BCUT2D eigenvalue weighted by Gasteiger charge is 2.18. The molecule has 3 heterocycles. The quantitative estimate of drug-likeness (QED) is 0.174. The number of hydrogen-bond acceptors (Lipinski definition) is 6. The van der Waals surface area contributed by atoms with Crippen LogP contribution in [0.4, 0.5) is 0 Å². The van der Waals surface area contributed by atoms with Crippen molar-refractivity contribution in [1.29, 1.82) is 0 Å². The molecule has 10 rings (SSSR count). The lowest BCUT2D eigenvalue weighted by atomic mass is 10.00. The standard InChI is InChI=1S/C46H28N4OS/c1-4-12-29(13-5-1)32-18-10-19-35(26-32)46-47-38-28-34(22-24-39(38)51-46)33-23-25-40-37(27-33)42-36(20-11-21-41(42)52-40)45-49-43(30-14-6-2-7-15-30)48-44(50-45)31-16-8-3-9-17-31/h1-28H. The third-order valence-corrected chi connectivity index (χ3v) is 10.5. The lowest BCUT2D eigenvalue weighted by molar-refractivity contribution is 0.620. The van der Waals surface area contributed by atoms with Gasteiger partial charge in [-0.25, -0.2) is 19.9 Å². The molecule has 0 N–H and O–H groups in total. The molecule has 10 aromatic rings. The summed E-state index contributed by atoms with van der Waals surface area (Å²) in [6, 6.07) is 58.2. The first-order valence-corrected chi connectivity index (χ1v) is 17.9. The van der Waals surface area contributed by atoms with Crippen molar-refractivity contribution in [2.45, 2.75) is 0 Å². The predicted octanol–water partition coefficient (Wildman–Crippen LogP) is 12.4. The molecule has 0 saturated carbocycles. The van der Waals surface area contributed by atoms with Crippen LogP contribution in [0.25, 0.3) is 99.1 Å². The van der Waals surface area contributed by atoms with Gasteiger partial charge in [0.25, 0.3) is 0 Å². The number of nitrogens with zero attached hydrogens (tertiary/aromatic N) is 4. The minimum absolute atomic E-state index is 0.607. The molecule has 0 unspecified atom stereocenters. The normalized spacial score (nSPS) is 11.5. The van der Waals surface area contributed by atoms with Crippen LogP contribution in [0, 0.1) is 0 Å². The Balaban J connectivity index is 1.08. The molecular formula is C46H28N4OS. The van der Waals surface area contributed by atoms with E-state index in [1.807, 2.05) is 78.9 Å². The minimum Gasteiger partial charge on any atom is -0.436 e. The van der Waals surface area contributed by atoms with Gasteiger partial charge in [-0.2, -0.15) is 0 Å². The molecule has 244 valence electrons. The molecule has 0 atom stereocenters.